The van der Waals surface area contributed by atoms with E-state index < -0.39 is 13.5 Å². The quantitative estimate of drug-likeness (QED) is 0.153. The van der Waals surface area contributed by atoms with Crippen LogP contribution in [0.15, 0.2) is 59.7 Å². The van der Waals surface area contributed by atoms with E-state index >= 15 is 0 Å². The van der Waals surface area contributed by atoms with Gasteiger partial charge in [0.05, 0.1) is 34.5 Å². The number of methoxy groups -OCH3 is 1. The number of anilines is 4. The molecule has 0 bridgehead atoms. The zero-order valence-electron chi connectivity index (χ0n) is 28.8. The number of ether oxygens (including phenoxy) is 2. The fourth-order valence-electron chi connectivity index (χ4n) is 6.05. The molecule has 2 N–H and O–H groups in total. The molecule has 0 radical (unpaired) electrons. The molecule has 1 amide bonds. The van der Waals surface area contributed by atoms with Crippen molar-refractivity contribution in [3.8, 4) is 16.9 Å². The number of nitrogens with zero attached hydrogens (tertiary/aromatic N) is 7. The predicted molar refractivity (Wildman–Crippen MR) is 199 cm³/mol. The summed E-state index contributed by atoms with van der Waals surface area (Å²) in [6.07, 6.45) is 10.4. The number of rotatable bonds is 8. The number of aryl methyl sites for hydroxylation is 1. The number of piperidine rings is 1. The van der Waals surface area contributed by atoms with Crippen LogP contribution in [0.3, 0.4) is 0 Å². The number of benzene rings is 2. The van der Waals surface area contributed by atoms with E-state index in [1.54, 1.807) is 35.3 Å². The van der Waals surface area contributed by atoms with E-state index in [2.05, 4.69) is 72.1 Å². The summed E-state index contributed by atoms with van der Waals surface area (Å²) < 4.78 is 14.1. The summed E-state index contributed by atoms with van der Waals surface area (Å²) in [6.45, 7) is 11.3. The van der Waals surface area contributed by atoms with Gasteiger partial charge in [0.1, 0.15) is 17.2 Å². The molecule has 0 saturated carbocycles. The zero-order chi connectivity index (χ0) is 34.9. The van der Waals surface area contributed by atoms with E-state index in [1.807, 2.05) is 52.3 Å². The van der Waals surface area contributed by atoms with Crippen molar-refractivity contribution in [3.05, 3.63) is 65.3 Å². The number of likely N-dealkylation sites (tertiary alicyclic amines) is 1. The summed E-state index contributed by atoms with van der Waals surface area (Å²) in [7, 11) is 3.06. The SMILES string of the molecule is COc1cc(C2CCN(C(=O)OC(C)(C)C)CC2)c(-c2cnn(C)c2)cc1Nc1ncc(Br)c(Nc2ccc3nccnc3c2P(C)C)n1. The van der Waals surface area contributed by atoms with Crippen molar-refractivity contribution in [1.82, 2.24) is 34.6 Å². The van der Waals surface area contributed by atoms with E-state index in [0.29, 0.717) is 30.6 Å². The highest BCUT2D eigenvalue weighted by Crippen LogP contribution is 2.42. The molecule has 1 saturated heterocycles. The maximum atomic E-state index is 12.8. The molecule has 2 aromatic carbocycles. The van der Waals surface area contributed by atoms with Gasteiger partial charge < -0.3 is 25.0 Å². The van der Waals surface area contributed by atoms with Gasteiger partial charge in [-0.2, -0.15) is 10.1 Å². The molecule has 0 atom stereocenters. The molecule has 6 rings (SSSR count). The Hall–Kier alpha value is -4.35. The summed E-state index contributed by atoms with van der Waals surface area (Å²) in [6, 6.07) is 8.15. The number of hydrogen-bond acceptors (Lipinski definition) is 10. The smallest absolute Gasteiger partial charge is 0.410 e. The lowest BCUT2D eigenvalue weighted by molar-refractivity contribution is 0.0205. The molecule has 1 fully saturated rings. The lowest BCUT2D eigenvalue weighted by Gasteiger charge is -2.34. The standard InChI is InChI=1S/C35H41BrN9O3P/c1-35(2,3)48-34(46)45-14-10-21(11-15-45)24-17-29(47-5)28(16-23(24)22-18-40-44(4)20-22)42-33-39-19-25(36)32(43-33)41-27-9-8-26-30(31(27)49(6)7)38-13-12-37-26/h8-9,12-13,16-21H,10-11,14-15H2,1-7H3,(H2,39,41,42,43). The van der Waals surface area contributed by atoms with Crippen LogP contribution in [0, 0.1) is 0 Å². The Bertz CT molecular complexity index is 1990. The number of fused-ring (bicyclic) bond motifs is 1. The molecular weight excluding hydrogens is 705 g/mol. The summed E-state index contributed by atoms with van der Waals surface area (Å²) in [4.78, 5) is 33.1. The topological polar surface area (TPSA) is 132 Å². The van der Waals surface area contributed by atoms with Crippen molar-refractivity contribution < 1.29 is 14.3 Å². The average molecular weight is 747 g/mol. The molecule has 256 valence electrons. The van der Waals surface area contributed by atoms with Crippen molar-refractivity contribution in [2.45, 2.75) is 45.1 Å². The van der Waals surface area contributed by atoms with Gasteiger partial charge in [0.2, 0.25) is 5.95 Å². The molecule has 0 unspecified atom stereocenters. The third-order valence-electron chi connectivity index (χ3n) is 8.28. The van der Waals surface area contributed by atoms with Crippen LogP contribution < -0.4 is 20.7 Å². The van der Waals surface area contributed by atoms with Gasteiger partial charge >= 0.3 is 6.09 Å². The second-order valence-electron chi connectivity index (χ2n) is 13.2. The fourth-order valence-corrected chi connectivity index (χ4v) is 7.55. The number of halogens is 1. The molecule has 49 heavy (non-hydrogen) atoms. The summed E-state index contributed by atoms with van der Waals surface area (Å²) in [5.41, 5.74) is 6.01. The Labute approximate surface area is 295 Å². The van der Waals surface area contributed by atoms with Crippen molar-refractivity contribution >= 4 is 69.4 Å². The largest absolute Gasteiger partial charge is 0.495 e. The van der Waals surface area contributed by atoms with Crippen LogP contribution in [0.25, 0.3) is 22.2 Å². The number of carbonyl (C=O) groups excluding carboxylic acids is 1. The van der Waals surface area contributed by atoms with Gasteiger partial charge in [0, 0.05) is 61.5 Å². The predicted octanol–water partition coefficient (Wildman–Crippen LogP) is 7.56. The number of carbonyl (C=O) groups is 1. The Morgan fingerprint density at radius 2 is 1.78 bits per heavy atom. The van der Waals surface area contributed by atoms with Crippen LogP contribution in [0.5, 0.6) is 5.75 Å². The molecule has 1 aliphatic heterocycles. The van der Waals surface area contributed by atoms with Gasteiger partial charge in [-0.05, 0) is 104 Å². The molecular formula is C35H41BrN9O3P. The lowest BCUT2D eigenvalue weighted by Crippen LogP contribution is -2.41. The first-order chi connectivity index (χ1) is 23.4. The highest BCUT2D eigenvalue weighted by Gasteiger charge is 2.30. The first-order valence-electron chi connectivity index (χ1n) is 16.1. The third-order valence-corrected chi connectivity index (χ3v) is 10.2. The van der Waals surface area contributed by atoms with Gasteiger partial charge in [-0.1, -0.05) is 7.92 Å². The average Bonchev–Trinajstić information content (AvgIpc) is 3.51. The Balaban J connectivity index is 1.30. The molecule has 14 heteroatoms. The first-order valence-corrected chi connectivity index (χ1v) is 19.1. The molecule has 0 aliphatic carbocycles. The number of hydrogen-bond donors (Lipinski definition) is 2. The molecule has 3 aromatic heterocycles. The van der Waals surface area contributed by atoms with Crippen LogP contribution >= 0.6 is 23.9 Å². The molecule has 4 heterocycles. The fraction of sp³-hybridized carbons (Fsp3) is 0.371. The van der Waals surface area contributed by atoms with E-state index in [-0.39, 0.29) is 12.0 Å². The minimum absolute atomic E-state index is 0.208. The maximum Gasteiger partial charge on any atom is 0.410 e. The first kappa shape index (κ1) is 34.5. The molecule has 5 aromatic rings. The van der Waals surface area contributed by atoms with Gasteiger partial charge in [0.15, 0.2) is 0 Å². The van der Waals surface area contributed by atoms with Crippen molar-refractivity contribution in [3.63, 3.8) is 0 Å². The van der Waals surface area contributed by atoms with Crippen LogP contribution in [0.1, 0.15) is 45.1 Å². The second kappa shape index (κ2) is 14.2. The molecule has 1 aliphatic rings. The van der Waals surface area contributed by atoms with Gasteiger partial charge in [-0.3, -0.25) is 14.6 Å². The Morgan fingerprint density at radius 1 is 1.02 bits per heavy atom. The van der Waals surface area contributed by atoms with Crippen molar-refractivity contribution in [2.75, 3.05) is 44.2 Å². The summed E-state index contributed by atoms with van der Waals surface area (Å²) >= 11 is 3.63. The van der Waals surface area contributed by atoms with Crippen LogP contribution in [0.2, 0.25) is 0 Å². The van der Waals surface area contributed by atoms with Gasteiger partial charge in [-0.15, -0.1) is 0 Å². The van der Waals surface area contributed by atoms with Crippen LogP contribution in [-0.2, 0) is 11.8 Å². The number of amides is 1. The van der Waals surface area contributed by atoms with Gasteiger partial charge in [0.25, 0.3) is 0 Å². The summed E-state index contributed by atoms with van der Waals surface area (Å²) in [5.74, 6) is 1.88. The zero-order valence-corrected chi connectivity index (χ0v) is 31.3. The number of nitrogens with one attached hydrogen (secondary N) is 2. The maximum absolute atomic E-state index is 12.8. The Morgan fingerprint density at radius 3 is 2.45 bits per heavy atom. The highest BCUT2D eigenvalue weighted by atomic mass is 79.9. The van der Waals surface area contributed by atoms with Crippen molar-refractivity contribution in [1.29, 1.82) is 0 Å². The number of aromatic nitrogens is 6. The van der Waals surface area contributed by atoms with E-state index in [0.717, 1.165) is 61.7 Å². The second-order valence-corrected chi connectivity index (χ2v) is 16.3. The van der Waals surface area contributed by atoms with Gasteiger partial charge in [-0.25, -0.2) is 9.78 Å². The van der Waals surface area contributed by atoms with Crippen LogP contribution in [0.4, 0.5) is 27.9 Å². The van der Waals surface area contributed by atoms with E-state index in [1.165, 1.54) is 0 Å². The van der Waals surface area contributed by atoms with Crippen molar-refractivity contribution in [2.24, 2.45) is 7.05 Å². The lowest BCUT2D eigenvalue weighted by atomic mass is 9.84. The third kappa shape index (κ3) is 7.78. The minimum atomic E-state index is -0.531. The normalized spacial score (nSPS) is 13.9. The van der Waals surface area contributed by atoms with E-state index in [4.69, 9.17) is 14.5 Å². The molecule has 0 spiro atoms. The summed E-state index contributed by atoms with van der Waals surface area (Å²) in [5, 5.41) is 12.5. The molecule has 12 nitrogen and oxygen atoms in total. The monoisotopic (exact) mass is 745 g/mol. The van der Waals surface area contributed by atoms with Crippen LogP contribution in [-0.4, -0.2) is 79.8 Å². The minimum Gasteiger partial charge on any atom is -0.495 e. The highest BCUT2D eigenvalue weighted by molar-refractivity contribution is 9.10. The van der Waals surface area contributed by atoms with E-state index in [9.17, 15) is 4.79 Å². The Kier molecular flexibility index (Phi) is 10.0.